The van der Waals surface area contributed by atoms with E-state index in [-0.39, 0.29) is 12.0 Å². The lowest BCUT2D eigenvalue weighted by Gasteiger charge is -2.30. The van der Waals surface area contributed by atoms with Gasteiger partial charge in [0.15, 0.2) is 0 Å². The van der Waals surface area contributed by atoms with Gasteiger partial charge in [0.05, 0.1) is 17.1 Å². The third kappa shape index (κ3) is 2.82. The second kappa shape index (κ2) is 7.87. The zero-order valence-electron chi connectivity index (χ0n) is 21.5. The molecule has 4 aromatic carbocycles. The fraction of sp³-hybridized carbons (Fsp3) is 0.111. The molecule has 1 aliphatic heterocycles. The second-order valence-electron chi connectivity index (χ2n) is 10.9. The van der Waals surface area contributed by atoms with Crippen molar-refractivity contribution < 1.29 is 0 Å². The van der Waals surface area contributed by atoms with Crippen LogP contribution in [0.25, 0.3) is 44.5 Å². The summed E-state index contributed by atoms with van der Waals surface area (Å²) < 4.78 is 2.47. The van der Waals surface area contributed by atoms with E-state index in [9.17, 15) is 0 Å². The molecule has 0 saturated carbocycles. The van der Waals surface area contributed by atoms with Gasteiger partial charge in [-0.1, -0.05) is 72.8 Å². The highest BCUT2D eigenvalue weighted by atomic mass is 15.2. The number of nitrogens with zero attached hydrogens (tertiary/aromatic N) is 2. The Morgan fingerprint density at radius 2 is 1.56 bits per heavy atom. The first-order chi connectivity index (χ1) is 19.4. The van der Waals surface area contributed by atoms with Gasteiger partial charge in [-0.05, 0) is 72.5 Å². The van der Waals surface area contributed by atoms with Crippen molar-refractivity contribution in [1.82, 2.24) is 9.55 Å². The van der Waals surface area contributed by atoms with Gasteiger partial charge in [-0.15, -0.1) is 0 Å². The first kappa shape index (κ1) is 21.2. The Morgan fingerprint density at radius 3 is 2.46 bits per heavy atom. The molecule has 2 unspecified atom stereocenters. The quantitative estimate of drug-likeness (QED) is 0.251. The number of nitrogens with one attached hydrogen (secondary N) is 1. The lowest BCUT2D eigenvalue weighted by molar-refractivity contribution is 0.729. The molecule has 0 bridgehead atoms. The standard InChI is InChI=1S/C36H27N3/c1-3-11-23(12-4-1)38-29-17-9-7-15-25(29)33-31(38)21-19-27-35(33)36-28(37-27)20-22-32-34(36)26-16-8-10-18-30(26)39(32)24-13-5-2-6-14-24/h1,3-5,7-22,31,33,37H,2,6H2. The van der Waals surface area contributed by atoms with Crippen molar-refractivity contribution in [3.63, 3.8) is 0 Å². The number of anilines is 2. The fourth-order valence-electron chi connectivity index (χ4n) is 7.37. The minimum atomic E-state index is 0.226. The minimum Gasteiger partial charge on any atom is -0.355 e. The average molecular weight is 502 g/mol. The molecule has 39 heavy (non-hydrogen) atoms. The molecule has 0 saturated heterocycles. The highest BCUT2D eigenvalue weighted by Crippen LogP contribution is 2.54. The summed E-state index contributed by atoms with van der Waals surface area (Å²) in [6.07, 6.45) is 13.9. The number of fused-ring (bicyclic) bond motifs is 11. The summed E-state index contributed by atoms with van der Waals surface area (Å²) in [4.78, 5) is 6.34. The summed E-state index contributed by atoms with van der Waals surface area (Å²) in [6.45, 7) is 0. The number of para-hydroxylation sites is 3. The summed E-state index contributed by atoms with van der Waals surface area (Å²) in [5.41, 5.74) is 11.6. The Kier molecular flexibility index (Phi) is 4.28. The Hall–Kier alpha value is -4.76. The van der Waals surface area contributed by atoms with Gasteiger partial charge in [-0.3, -0.25) is 0 Å². The summed E-state index contributed by atoms with van der Waals surface area (Å²) in [7, 11) is 0. The van der Waals surface area contributed by atoms with E-state index in [0.717, 1.165) is 12.8 Å². The highest BCUT2D eigenvalue weighted by molar-refractivity contribution is 6.23. The monoisotopic (exact) mass is 501 g/mol. The van der Waals surface area contributed by atoms with Gasteiger partial charge in [-0.2, -0.15) is 0 Å². The number of rotatable bonds is 2. The molecule has 6 aromatic rings. The number of hydrogen-bond acceptors (Lipinski definition) is 1. The van der Waals surface area contributed by atoms with E-state index in [1.54, 1.807) is 0 Å². The minimum absolute atomic E-state index is 0.226. The molecule has 0 spiro atoms. The molecular formula is C36H27N3. The molecule has 2 atom stereocenters. The molecule has 3 aliphatic rings. The molecule has 186 valence electrons. The number of aromatic nitrogens is 2. The Bertz CT molecular complexity index is 2030. The van der Waals surface area contributed by atoms with E-state index in [4.69, 9.17) is 0 Å². The van der Waals surface area contributed by atoms with Gasteiger partial charge in [-0.25, -0.2) is 0 Å². The van der Waals surface area contributed by atoms with Crippen LogP contribution >= 0.6 is 0 Å². The number of allylic oxidation sites excluding steroid dienone is 4. The lowest BCUT2D eigenvalue weighted by atomic mass is 9.82. The van der Waals surface area contributed by atoms with E-state index >= 15 is 0 Å². The fourth-order valence-corrected chi connectivity index (χ4v) is 7.37. The Labute approximate surface area is 227 Å². The Balaban J connectivity index is 1.38. The van der Waals surface area contributed by atoms with Crippen molar-refractivity contribution >= 4 is 55.9 Å². The lowest BCUT2D eigenvalue weighted by Crippen LogP contribution is -2.30. The average Bonchev–Trinajstić information content (AvgIpc) is 3.65. The van der Waals surface area contributed by atoms with Gasteiger partial charge in [0.2, 0.25) is 0 Å². The predicted octanol–water partition coefficient (Wildman–Crippen LogP) is 9.15. The van der Waals surface area contributed by atoms with Crippen molar-refractivity contribution in [3.05, 3.63) is 132 Å². The summed E-state index contributed by atoms with van der Waals surface area (Å²) in [5.74, 6) is 0.247. The van der Waals surface area contributed by atoms with E-state index in [1.807, 2.05) is 0 Å². The second-order valence-corrected chi connectivity index (χ2v) is 10.9. The largest absolute Gasteiger partial charge is 0.355 e. The molecular weight excluding hydrogens is 474 g/mol. The van der Waals surface area contributed by atoms with Crippen LogP contribution in [0, 0.1) is 0 Å². The van der Waals surface area contributed by atoms with Gasteiger partial charge in [0.1, 0.15) is 0 Å². The molecule has 9 rings (SSSR count). The van der Waals surface area contributed by atoms with Crippen LogP contribution in [0.1, 0.15) is 35.6 Å². The van der Waals surface area contributed by atoms with Crippen LogP contribution in [-0.4, -0.2) is 15.6 Å². The molecule has 0 fully saturated rings. The molecule has 2 aliphatic carbocycles. The molecule has 2 aromatic heterocycles. The normalized spacial score (nSPS) is 19.5. The number of H-pyrrole nitrogens is 1. The summed E-state index contributed by atoms with van der Waals surface area (Å²) in [5, 5.41) is 4.03. The summed E-state index contributed by atoms with van der Waals surface area (Å²) in [6, 6.07) is 33.6. The van der Waals surface area contributed by atoms with Gasteiger partial charge in [0, 0.05) is 50.4 Å². The van der Waals surface area contributed by atoms with Gasteiger partial charge >= 0.3 is 0 Å². The maximum atomic E-state index is 3.82. The SMILES string of the molecule is C1=CC(n2c3ccccc3c3c4c5c([nH]c4ccc32)C=CC2C5c3ccccc3N2c2ccccc2)=CCC1. The maximum Gasteiger partial charge on any atom is 0.0637 e. The van der Waals surface area contributed by atoms with Crippen LogP contribution in [0.5, 0.6) is 0 Å². The van der Waals surface area contributed by atoms with Crippen LogP contribution in [0.2, 0.25) is 0 Å². The molecule has 0 amide bonds. The van der Waals surface area contributed by atoms with E-state index in [1.165, 1.54) is 66.6 Å². The van der Waals surface area contributed by atoms with Crippen molar-refractivity contribution in [2.24, 2.45) is 0 Å². The first-order valence-corrected chi connectivity index (χ1v) is 13.9. The van der Waals surface area contributed by atoms with Crippen LogP contribution in [0.15, 0.2) is 115 Å². The van der Waals surface area contributed by atoms with E-state index in [2.05, 4.69) is 136 Å². The number of benzene rings is 4. The van der Waals surface area contributed by atoms with Gasteiger partial charge < -0.3 is 14.5 Å². The maximum absolute atomic E-state index is 3.82. The van der Waals surface area contributed by atoms with Crippen LogP contribution in [-0.2, 0) is 0 Å². The number of hydrogen-bond donors (Lipinski definition) is 1. The Morgan fingerprint density at radius 1 is 0.718 bits per heavy atom. The van der Waals surface area contributed by atoms with Gasteiger partial charge in [0.25, 0.3) is 0 Å². The first-order valence-electron chi connectivity index (χ1n) is 13.9. The van der Waals surface area contributed by atoms with Crippen molar-refractivity contribution in [3.8, 4) is 0 Å². The van der Waals surface area contributed by atoms with E-state index in [0.29, 0.717) is 0 Å². The van der Waals surface area contributed by atoms with Crippen LogP contribution in [0.3, 0.4) is 0 Å². The topological polar surface area (TPSA) is 24.0 Å². The smallest absolute Gasteiger partial charge is 0.0637 e. The van der Waals surface area contributed by atoms with E-state index < -0.39 is 0 Å². The molecule has 3 nitrogen and oxygen atoms in total. The third-order valence-electron chi connectivity index (χ3n) is 8.88. The zero-order chi connectivity index (χ0) is 25.5. The highest BCUT2D eigenvalue weighted by Gasteiger charge is 2.42. The van der Waals surface area contributed by atoms with Crippen LogP contribution in [0.4, 0.5) is 11.4 Å². The van der Waals surface area contributed by atoms with Crippen molar-refractivity contribution in [1.29, 1.82) is 0 Å². The summed E-state index contributed by atoms with van der Waals surface area (Å²) >= 11 is 0. The van der Waals surface area contributed by atoms with Crippen molar-refractivity contribution in [2.45, 2.75) is 24.8 Å². The molecule has 3 heteroatoms. The molecule has 1 N–H and O–H groups in total. The molecule has 3 heterocycles. The van der Waals surface area contributed by atoms with Crippen LogP contribution < -0.4 is 4.90 Å². The molecule has 0 radical (unpaired) electrons. The van der Waals surface area contributed by atoms with Crippen molar-refractivity contribution in [2.75, 3.05) is 4.90 Å². The predicted molar refractivity (Wildman–Crippen MR) is 164 cm³/mol. The number of aromatic amines is 1. The third-order valence-corrected chi connectivity index (χ3v) is 8.88. The zero-order valence-corrected chi connectivity index (χ0v) is 21.5.